The summed E-state index contributed by atoms with van der Waals surface area (Å²) >= 11 is 0. The number of rotatable bonds is 7. The first-order valence-electron chi connectivity index (χ1n) is 5.42. The average molecular weight is 290 g/mol. The quantitative estimate of drug-likeness (QED) is 0.335. The predicted molar refractivity (Wildman–Crippen MR) is 68.7 cm³/mol. The van der Waals surface area contributed by atoms with Crippen LogP contribution in [0.1, 0.15) is 6.92 Å². The second kappa shape index (κ2) is 6.34. The number of aromatic hydroxyl groups is 1. The molecule has 0 radical (unpaired) electrons. The third kappa shape index (κ3) is 4.38. The summed E-state index contributed by atoms with van der Waals surface area (Å²) in [6, 6.07) is 3.51. The van der Waals surface area contributed by atoms with Crippen LogP contribution in [0.3, 0.4) is 0 Å². The monoisotopic (exact) mass is 290 g/mol. The van der Waals surface area contributed by atoms with Crippen LogP contribution in [0.25, 0.3) is 0 Å². The third-order valence-electron chi connectivity index (χ3n) is 2.18. The molecule has 0 aliphatic rings. The molecular formula is C10H14N2O6S. The lowest BCUT2D eigenvalue weighted by molar-refractivity contribution is -0.383. The fourth-order valence-electron chi connectivity index (χ4n) is 1.30. The van der Waals surface area contributed by atoms with E-state index in [-0.39, 0.29) is 12.4 Å². The second-order valence-corrected chi connectivity index (χ2v) is 5.39. The minimum absolute atomic E-state index is 0.0345. The molecule has 19 heavy (non-hydrogen) atoms. The summed E-state index contributed by atoms with van der Waals surface area (Å²) < 4.78 is 30.2. The Morgan fingerprint density at radius 3 is 2.74 bits per heavy atom. The van der Waals surface area contributed by atoms with Gasteiger partial charge in [-0.25, -0.2) is 8.42 Å². The van der Waals surface area contributed by atoms with Gasteiger partial charge in [-0.05, 0) is 13.0 Å². The zero-order chi connectivity index (χ0) is 14.5. The molecule has 0 saturated heterocycles. The Balaban J connectivity index is 2.95. The molecule has 0 unspecified atom stereocenters. The number of nitro benzene ring substituents is 1. The highest BCUT2D eigenvalue weighted by atomic mass is 32.2. The van der Waals surface area contributed by atoms with E-state index >= 15 is 0 Å². The van der Waals surface area contributed by atoms with Gasteiger partial charge < -0.3 is 9.84 Å². The Labute approximate surface area is 110 Å². The number of para-hydroxylation sites is 1. The number of ether oxygens (including phenoxy) is 1. The van der Waals surface area contributed by atoms with Gasteiger partial charge in [0.1, 0.15) is 5.75 Å². The number of hydrogen-bond donors (Lipinski definition) is 2. The van der Waals surface area contributed by atoms with Crippen molar-refractivity contribution in [3.8, 4) is 5.75 Å². The zero-order valence-corrected chi connectivity index (χ0v) is 11.0. The Bertz CT molecular complexity index is 557. The largest absolute Gasteiger partial charge is 0.505 e. The Kier molecular flexibility index (Phi) is 5.07. The number of anilines is 1. The lowest BCUT2D eigenvalue weighted by Crippen LogP contribution is -2.20. The van der Waals surface area contributed by atoms with Crippen LogP contribution in [-0.2, 0) is 14.8 Å². The molecule has 1 aromatic carbocycles. The molecular weight excluding hydrogens is 276 g/mol. The van der Waals surface area contributed by atoms with Crippen LogP contribution in [0.2, 0.25) is 0 Å². The van der Waals surface area contributed by atoms with Gasteiger partial charge in [0.25, 0.3) is 5.69 Å². The highest BCUT2D eigenvalue weighted by Gasteiger charge is 2.22. The van der Waals surface area contributed by atoms with Crippen LogP contribution in [-0.4, -0.2) is 37.4 Å². The molecule has 1 aromatic rings. The number of hydrogen-bond acceptors (Lipinski definition) is 6. The smallest absolute Gasteiger partial charge is 0.297 e. The molecule has 0 amide bonds. The molecule has 106 valence electrons. The fourth-order valence-corrected chi connectivity index (χ4v) is 2.26. The first-order valence-corrected chi connectivity index (χ1v) is 7.07. The summed E-state index contributed by atoms with van der Waals surface area (Å²) in [6.45, 7) is 2.05. The molecule has 9 heteroatoms. The van der Waals surface area contributed by atoms with E-state index in [1.807, 2.05) is 4.72 Å². The highest BCUT2D eigenvalue weighted by Crippen LogP contribution is 2.33. The molecule has 0 aromatic heterocycles. The number of sulfonamides is 1. The van der Waals surface area contributed by atoms with Crippen molar-refractivity contribution >= 4 is 21.4 Å². The Hall–Kier alpha value is -1.87. The maximum Gasteiger partial charge on any atom is 0.297 e. The molecule has 0 heterocycles. The van der Waals surface area contributed by atoms with Gasteiger partial charge in [-0.3, -0.25) is 14.8 Å². The predicted octanol–water partition coefficient (Wildman–Crippen LogP) is 1.08. The van der Waals surface area contributed by atoms with Gasteiger partial charge in [-0.1, -0.05) is 6.07 Å². The van der Waals surface area contributed by atoms with E-state index < -0.39 is 32.1 Å². The van der Waals surface area contributed by atoms with Crippen molar-refractivity contribution in [2.45, 2.75) is 6.92 Å². The van der Waals surface area contributed by atoms with Crippen molar-refractivity contribution in [1.82, 2.24) is 0 Å². The molecule has 0 fully saturated rings. The van der Waals surface area contributed by atoms with Gasteiger partial charge in [0.2, 0.25) is 10.0 Å². The van der Waals surface area contributed by atoms with Crippen LogP contribution < -0.4 is 4.72 Å². The maximum absolute atomic E-state index is 11.7. The molecule has 0 saturated carbocycles. The number of nitrogens with zero attached hydrogens (tertiary/aromatic N) is 1. The van der Waals surface area contributed by atoms with Gasteiger partial charge in [0, 0.05) is 12.7 Å². The van der Waals surface area contributed by atoms with E-state index in [0.717, 1.165) is 12.1 Å². The number of benzene rings is 1. The van der Waals surface area contributed by atoms with Crippen LogP contribution in [0.4, 0.5) is 11.4 Å². The van der Waals surface area contributed by atoms with Gasteiger partial charge >= 0.3 is 0 Å². The topological polar surface area (TPSA) is 119 Å². The van der Waals surface area contributed by atoms with Gasteiger partial charge in [-0.2, -0.15) is 0 Å². The van der Waals surface area contributed by atoms with Crippen molar-refractivity contribution in [3.05, 3.63) is 28.3 Å². The zero-order valence-electron chi connectivity index (χ0n) is 10.2. The highest BCUT2D eigenvalue weighted by molar-refractivity contribution is 7.92. The van der Waals surface area contributed by atoms with Gasteiger partial charge in [0.15, 0.2) is 5.69 Å². The number of phenols is 1. The van der Waals surface area contributed by atoms with Crippen LogP contribution >= 0.6 is 0 Å². The van der Waals surface area contributed by atoms with Gasteiger partial charge in [0.05, 0.1) is 17.3 Å². The van der Waals surface area contributed by atoms with Crippen LogP contribution in [0.5, 0.6) is 5.75 Å². The van der Waals surface area contributed by atoms with Crippen molar-refractivity contribution in [2.24, 2.45) is 0 Å². The summed E-state index contributed by atoms with van der Waals surface area (Å²) in [6.07, 6.45) is 0. The van der Waals surface area contributed by atoms with E-state index in [0.29, 0.717) is 6.61 Å². The lowest BCUT2D eigenvalue weighted by atomic mass is 10.2. The van der Waals surface area contributed by atoms with Crippen molar-refractivity contribution < 1.29 is 23.2 Å². The van der Waals surface area contributed by atoms with Crippen LogP contribution in [0.15, 0.2) is 18.2 Å². The standard InChI is InChI=1S/C10H14N2O6S/c1-2-18-6-7-19(16,17)11-10-8(12(14)15)4-3-5-9(10)13/h3-5,11,13H,2,6-7H2,1H3. The molecule has 0 bridgehead atoms. The first kappa shape index (κ1) is 15.2. The number of phenolic OH excluding ortho intramolecular Hbond substituents is 1. The summed E-state index contributed by atoms with van der Waals surface area (Å²) in [4.78, 5) is 9.98. The Morgan fingerprint density at radius 2 is 2.16 bits per heavy atom. The molecule has 0 spiro atoms. The fraction of sp³-hybridized carbons (Fsp3) is 0.400. The van der Waals surface area contributed by atoms with Crippen molar-refractivity contribution in [2.75, 3.05) is 23.7 Å². The molecule has 1 rings (SSSR count). The molecule has 8 nitrogen and oxygen atoms in total. The Morgan fingerprint density at radius 1 is 1.47 bits per heavy atom. The molecule has 0 aliphatic heterocycles. The van der Waals surface area contributed by atoms with Crippen LogP contribution in [0, 0.1) is 10.1 Å². The molecule has 2 N–H and O–H groups in total. The summed E-state index contributed by atoms with van der Waals surface area (Å²) in [5, 5.41) is 20.3. The molecule has 0 atom stereocenters. The minimum Gasteiger partial charge on any atom is -0.505 e. The lowest BCUT2D eigenvalue weighted by Gasteiger charge is -2.09. The van der Waals surface area contributed by atoms with E-state index in [2.05, 4.69) is 0 Å². The van der Waals surface area contributed by atoms with E-state index in [1.165, 1.54) is 6.07 Å². The summed E-state index contributed by atoms with van der Waals surface area (Å²) in [5.74, 6) is -0.860. The first-order chi connectivity index (χ1) is 8.87. The van der Waals surface area contributed by atoms with Gasteiger partial charge in [-0.15, -0.1) is 0 Å². The van der Waals surface area contributed by atoms with Crippen molar-refractivity contribution in [3.63, 3.8) is 0 Å². The SMILES string of the molecule is CCOCCS(=O)(=O)Nc1c(O)cccc1[N+](=O)[O-]. The average Bonchev–Trinajstić information content (AvgIpc) is 2.31. The molecule has 0 aliphatic carbocycles. The third-order valence-corrected chi connectivity index (χ3v) is 3.39. The minimum atomic E-state index is -3.82. The van der Waals surface area contributed by atoms with E-state index in [9.17, 15) is 23.6 Å². The van der Waals surface area contributed by atoms with Crippen molar-refractivity contribution in [1.29, 1.82) is 0 Å². The van der Waals surface area contributed by atoms with E-state index in [4.69, 9.17) is 4.74 Å². The summed E-state index contributed by atoms with van der Waals surface area (Å²) in [5.41, 5.74) is -0.955. The normalized spacial score (nSPS) is 11.2. The number of nitrogens with one attached hydrogen (secondary N) is 1. The number of nitro groups is 1. The summed E-state index contributed by atoms with van der Waals surface area (Å²) in [7, 11) is -3.82. The second-order valence-electron chi connectivity index (χ2n) is 3.55. The van der Waals surface area contributed by atoms with E-state index in [1.54, 1.807) is 6.92 Å². The maximum atomic E-state index is 11.7.